The molecule has 4 nitrogen and oxygen atoms in total. The number of nitrogens with zero attached hydrogens (tertiary/aromatic N) is 1. The molecule has 29 heavy (non-hydrogen) atoms. The third kappa shape index (κ3) is 3.41. The highest BCUT2D eigenvalue weighted by Crippen LogP contribution is 2.35. The van der Waals surface area contributed by atoms with Crippen LogP contribution in [-0.4, -0.2) is 11.8 Å². The monoisotopic (exact) mass is 406 g/mol. The second kappa shape index (κ2) is 7.53. The zero-order chi connectivity index (χ0) is 20.5. The van der Waals surface area contributed by atoms with Crippen molar-refractivity contribution in [2.75, 3.05) is 10.2 Å². The summed E-state index contributed by atoms with van der Waals surface area (Å²) in [4.78, 5) is 27.5. The van der Waals surface area contributed by atoms with Gasteiger partial charge in [-0.2, -0.15) is 0 Å². The summed E-state index contributed by atoms with van der Waals surface area (Å²) in [6.45, 7) is 1.91. The van der Waals surface area contributed by atoms with E-state index in [0.717, 1.165) is 22.2 Å². The second-order valence-corrected chi connectivity index (χ2v) is 7.01. The smallest absolute Gasteiger partial charge is 0.282 e. The largest absolute Gasteiger partial charge is 0.350 e. The van der Waals surface area contributed by atoms with Gasteiger partial charge in [0.25, 0.3) is 11.8 Å². The fourth-order valence-electron chi connectivity index (χ4n) is 3.22. The summed E-state index contributed by atoms with van der Waals surface area (Å²) in [5.41, 5.74) is 2.88. The molecule has 0 atom stereocenters. The van der Waals surface area contributed by atoms with Crippen LogP contribution in [0.4, 0.5) is 15.8 Å². The van der Waals surface area contributed by atoms with Crippen molar-refractivity contribution in [2.24, 2.45) is 0 Å². The van der Waals surface area contributed by atoms with Gasteiger partial charge in [-0.3, -0.25) is 9.59 Å². The van der Waals surface area contributed by atoms with Crippen molar-refractivity contribution in [1.29, 1.82) is 0 Å². The molecule has 1 aliphatic rings. The molecule has 3 aromatic rings. The van der Waals surface area contributed by atoms with Crippen molar-refractivity contribution in [1.82, 2.24) is 0 Å². The Balaban J connectivity index is 1.84. The number of hydrogen-bond acceptors (Lipinski definition) is 3. The first kappa shape index (κ1) is 18.9. The van der Waals surface area contributed by atoms with Gasteiger partial charge in [0, 0.05) is 5.69 Å². The first-order valence-corrected chi connectivity index (χ1v) is 9.31. The minimum atomic E-state index is -0.621. The molecule has 3 aromatic carbocycles. The maximum atomic E-state index is 13.6. The number of hydrogen-bond donors (Lipinski definition) is 1. The lowest BCUT2D eigenvalue weighted by atomic mass is 10.0. The van der Waals surface area contributed by atoms with E-state index in [1.54, 1.807) is 24.3 Å². The van der Waals surface area contributed by atoms with Gasteiger partial charge < -0.3 is 5.32 Å². The maximum absolute atomic E-state index is 13.6. The molecule has 0 aliphatic carbocycles. The molecule has 0 unspecified atom stereocenters. The SMILES string of the molecule is Cc1ccccc1NC1=C(c2ccccc2)C(=O)N(c2ccc(F)c(Cl)c2)C1=O. The predicted octanol–water partition coefficient (Wildman–Crippen LogP) is 5.18. The molecule has 0 saturated carbocycles. The Hall–Kier alpha value is -3.44. The lowest BCUT2D eigenvalue weighted by molar-refractivity contribution is -0.120. The van der Waals surface area contributed by atoms with Crippen LogP contribution >= 0.6 is 11.6 Å². The highest BCUT2D eigenvalue weighted by Gasteiger charge is 2.40. The molecule has 1 aliphatic heterocycles. The normalized spacial score (nSPS) is 14.0. The van der Waals surface area contributed by atoms with Gasteiger partial charge >= 0.3 is 0 Å². The van der Waals surface area contributed by atoms with E-state index in [-0.39, 0.29) is 22.0 Å². The number of nitrogens with one attached hydrogen (secondary N) is 1. The molecule has 6 heteroatoms. The number of aryl methyl sites for hydroxylation is 1. The molecule has 0 radical (unpaired) electrons. The molecule has 0 bridgehead atoms. The zero-order valence-corrected chi connectivity index (χ0v) is 16.2. The number of carbonyl (C=O) groups is 2. The summed E-state index contributed by atoms with van der Waals surface area (Å²) in [7, 11) is 0. The van der Waals surface area contributed by atoms with Gasteiger partial charge in [0.2, 0.25) is 0 Å². The molecular formula is C23H16ClFN2O2. The highest BCUT2D eigenvalue weighted by molar-refractivity contribution is 6.46. The Morgan fingerprint density at radius 1 is 0.897 bits per heavy atom. The first-order valence-electron chi connectivity index (χ1n) is 8.93. The third-order valence-electron chi connectivity index (χ3n) is 4.71. The minimum Gasteiger partial charge on any atom is -0.350 e. The van der Waals surface area contributed by atoms with Gasteiger partial charge in [-0.05, 0) is 42.3 Å². The van der Waals surface area contributed by atoms with Crippen molar-refractivity contribution < 1.29 is 14.0 Å². The van der Waals surface area contributed by atoms with Crippen molar-refractivity contribution in [3.63, 3.8) is 0 Å². The first-order chi connectivity index (χ1) is 14.0. The van der Waals surface area contributed by atoms with E-state index in [1.165, 1.54) is 12.1 Å². The summed E-state index contributed by atoms with van der Waals surface area (Å²) < 4.78 is 13.6. The van der Waals surface area contributed by atoms with E-state index >= 15 is 0 Å². The van der Waals surface area contributed by atoms with Crippen LogP contribution in [-0.2, 0) is 9.59 Å². The molecule has 0 spiro atoms. The predicted molar refractivity (Wildman–Crippen MR) is 112 cm³/mol. The number of anilines is 2. The molecular weight excluding hydrogens is 391 g/mol. The van der Waals surface area contributed by atoms with Gasteiger partial charge in [-0.15, -0.1) is 0 Å². The van der Waals surface area contributed by atoms with E-state index in [1.807, 2.05) is 37.3 Å². The maximum Gasteiger partial charge on any atom is 0.282 e. The van der Waals surface area contributed by atoms with Crippen LogP contribution in [0.15, 0.2) is 78.5 Å². The van der Waals surface area contributed by atoms with Gasteiger partial charge in [0.1, 0.15) is 11.5 Å². The topological polar surface area (TPSA) is 49.4 Å². The molecule has 144 valence electrons. The van der Waals surface area contributed by atoms with Crippen LogP contribution in [0.3, 0.4) is 0 Å². The Morgan fingerprint density at radius 3 is 2.28 bits per heavy atom. The quantitative estimate of drug-likeness (QED) is 0.607. The van der Waals surface area contributed by atoms with Gasteiger partial charge in [-0.1, -0.05) is 60.1 Å². The molecule has 2 amide bonds. The standard InChI is InChI=1S/C23H16ClFN2O2/c1-14-7-5-6-10-19(14)26-21-20(15-8-3-2-4-9-15)22(28)27(23(21)29)16-11-12-18(25)17(24)13-16/h2-13,26H,1H3. The number of halogens is 2. The number of rotatable bonds is 4. The number of amides is 2. The molecule has 1 N–H and O–H groups in total. The van der Waals surface area contributed by atoms with Crippen LogP contribution in [0.1, 0.15) is 11.1 Å². The summed E-state index contributed by atoms with van der Waals surface area (Å²) in [6.07, 6.45) is 0. The highest BCUT2D eigenvalue weighted by atomic mass is 35.5. The number of imide groups is 1. The molecule has 0 aromatic heterocycles. The Kier molecular flexibility index (Phi) is 4.91. The number of benzene rings is 3. The average molecular weight is 407 g/mol. The molecule has 0 fully saturated rings. The molecule has 0 saturated heterocycles. The van der Waals surface area contributed by atoms with Crippen molar-refractivity contribution in [3.05, 3.63) is 100 Å². The van der Waals surface area contributed by atoms with Gasteiger partial charge in [0.05, 0.1) is 16.3 Å². The summed E-state index contributed by atoms with van der Waals surface area (Å²) in [5, 5.41) is 2.96. The lowest BCUT2D eigenvalue weighted by Gasteiger charge is -2.16. The van der Waals surface area contributed by atoms with E-state index in [2.05, 4.69) is 5.32 Å². The summed E-state index contributed by atoms with van der Waals surface area (Å²) in [5.74, 6) is -1.65. The molecule has 4 rings (SSSR count). The van der Waals surface area contributed by atoms with Crippen molar-refractivity contribution >= 4 is 40.4 Å². The number of para-hydroxylation sites is 1. The van der Waals surface area contributed by atoms with Crippen LogP contribution in [0, 0.1) is 12.7 Å². The van der Waals surface area contributed by atoms with Gasteiger partial charge in [-0.25, -0.2) is 9.29 Å². The zero-order valence-electron chi connectivity index (χ0n) is 15.4. The Bertz CT molecular complexity index is 1160. The fraction of sp³-hybridized carbons (Fsp3) is 0.0435. The fourth-order valence-corrected chi connectivity index (χ4v) is 3.40. The summed E-state index contributed by atoms with van der Waals surface area (Å²) in [6, 6.07) is 20.2. The van der Waals surface area contributed by atoms with E-state index in [4.69, 9.17) is 11.6 Å². The van der Waals surface area contributed by atoms with Crippen molar-refractivity contribution in [2.45, 2.75) is 6.92 Å². The lowest BCUT2D eigenvalue weighted by Crippen LogP contribution is -2.32. The van der Waals surface area contributed by atoms with Crippen LogP contribution in [0.25, 0.3) is 5.57 Å². The van der Waals surface area contributed by atoms with Crippen LogP contribution in [0.5, 0.6) is 0 Å². The minimum absolute atomic E-state index is 0.162. The summed E-state index contributed by atoms with van der Waals surface area (Å²) >= 11 is 5.87. The van der Waals surface area contributed by atoms with Gasteiger partial charge in [0.15, 0.2) is 0 Å². The second-order valence-electron chi connectivity index (χ2n) is 6.60. The van der Waals surface area contributed by atoms with Crippen LogP contribution in [0.2, 0.25) is 5.02 Å². The van der Waals surface area contributed by atoms with Crippen molar-refractivity contribution in [3.8, 4) is 0 Å². The van der Waals surface area contributed by atoms with E-state index < -0.39 is 17.6 Å². The number of carbonyl (C=O) groups excluding carboxylic acids is 2. The Morgan fingerprint density at radius 2 is 1.59 bits per heavy atom. The van der Waals surface area contributed by atoms with E-state index in [9.17, 15) is 14.0 Å². The van der Waals surface area contributed by atoms with E-state index in [0.29, 0.717) is 5.56 Å². The average Bonchev–Trinajstić information content (AvgIpc) is 2.96. The third-order valence-corrected chi connectivity index (χ3v) is 5.00. The molecule has 1 heterocycles. The Labute approximate surface area is 172 Å². The van der Waals surface area contributed by atoms with Crippen LogP contribution < -0.4 is 10.2 Å².